The fourth-order valence-corrected chi connectivity index (χ4v) is 2.49. The number of halogens is 2. The van der Waals surface area contributed by atoms with Crippen LogP contribution in [0.2, 0.25) is 10.0 Å². The first-order chi connectivity index (χ1) is 11.4. The number of benzene rings is 2. The van der Waals surface area contributed by atoms with Crippen LogP contribution in [0.15, 0.2) is 59.7 Å². The number of aliphatic carboxylic acids is 2. The Hall–Kier alpha value is -2.30. The van der Waals surface area contributed by atoms with Gasteiger partial charge in [0.2, 0.25) is 0 Å². The summed E-state index contributed by atoms with van der Waals surface area (Å²) in [7, 11) is 0. The van der Waals surface area contributed by atoms with E-state index < -0.39 is 11.9 Å². The van der Waals surface area contributed by atoms with Gasteiger partial charge in [0.1, 0.15) is 0 Å². The maximum atomic E-state index is 11.6. The Morgan fingerprint density at radius 2 is 0.958 bits per heavy atom. The molecule has 2 rings (SSSR count). The summed E-state index contributed by atoms with van der Waals surface area (Å²) in [5.41, 5.74) is 1.04. The quantitative estimate of drug-likeness (QED) is 0.751. The Kier molecular flexibility index (Phi) is 6.01. The molecule has 0 amide bonds. The molecule has 0 atom stereocenters. The first-order valence-corrected chi connectivity index (χ1v) is 7.80. The largest absolute Gasteiger partial charge is 0.478 e. The molecule has 4 nitrogen and oxygen atoms in total. The lowest BCUT2D eigenvalue weighted by molar-refractivity contribution is -0.136. The molecule has 6 heteroatoms. The van der Waals surface area contributed by atoms with Crippen LogP contribution in [0.1, 0.15) is 11.1 Å². The third kappa shape index (κ3) is 4.85. The van der Waals surface area contributed by atoms with Gasteiger partial charge >= 0.3 is 11.9 Å². The van der Waals surface area contributed by atoms with Gasteiger partial charge in [0.25, 0.3) is 0 Å². The van der Waals surface area contributed by atoms with Gasteiger partial charge in [-0.25, -0.2) is 9.59 Å². The third-order valence-corrected chi connectivity index (χ3v) is 3.97. The van der Waals surface area contributed by atoms with Gasteiger partial charge in [-0.2, -0.15) is 0 Å². The van der Waals surface area contributed by atoms with E-state index >= 15 is 0 Å². The van der Waals surface area contributed by atoms with Gasteiger partial charge in [-0.1, -0.05) is 47.5 Å². The number of hydrogen-bond donors (Lipinski definition) is 2. The van der Waals surface area contributed by atoms with Crippen molar-refractivity contribution >= 4 is 35.1 Å². The number of rotatable bonds is 6. The van der Waals surface area contributed by atoms with Crippen molar-refractivity contribution in [2.45, 2.75) is 12.8 Å². The minimum Gasteiger partial charge on any atom is -0.478 e. The van der Waals surface area contributed by atoms with Crippen molar-refractivity contribution in [3.8, 4) is 0 Å². The van der Waals surface area contributed by atoms with Crippen LogP contribution in [0, 0.1) is 0 Å². The summed E-state index contributed by atoms with van der Waals surface area (Å²) in [6.45, 7) is 0. The van der Waals surface area contributed by atoms with Crippen LogP contribution in [0.3, 0.4) is 0 Å². The highest BCUT2D eigenvalue weighted by molar-refractivity contribution is 6.30. The van der Waals surface area contributed by atoms with E-state index in [0.29, 0.717) is 21.2 Å². The van der Waals surface area contributed by atoms with Gasteiger partial charge in [0, 0.05) is 22.9 Å². The molecule has 24 heavy (non-hydrogen) atoms. The Morgan fingerprint density at radius 3 is 1.21 bits per heavy atom. The van der Waals surface area contributed by atoms with E-state index in [4.69, 9.17) is 23.2 Å². The molecule has 0 aliphatic rings. The second kappa shape index (κ2) is 7.99. The van der Waals surface area contributed by atoms with E-state index in [1.54, 1.807) is 48.5 Å². The highest BCUT2D eigenvalue weighted by atomic mass is 35.5. The number of hydrogen-bond acceptors (Lipinski definition) is 2. The molecule has 0 fully saturated rings. The van der Waals surface area contributed by atoms with Crippen LogP contribution >= 0.6 is 23.2 Å². The first kappa shape index (κ1) is 18.0. The topological polar surface area (TPSA) is 74.6 Å². The van der Waals surface area contributed by atoms with Crippen molar-refractivity contribution in [1.82, 2.24) is 0 Å². The lowest BCUT2D eigenvalue weighted by Gasteiger charge is -2.10. The van der Waals surface area contributed by atoms with Crippen molar-refractivity contribution in [3.63, 3.8) is 0 Å². The summed E-state index contributed by atoms with van der Waals surface area (Å²) in [6.07, 6.45) is 0.00342. The molecule has 0 heterocycles. The van der Waals surface area contributed by atoms with E-state index in [0.717, 1.165) is 0 Å². The van der Waals surface area contributed by atoms with Crippen LogP contribution in [0.25, 0.3) is 0 Å². The van der Waals surface area contributed by atoms with Gasteiger partial charge in [-0.15, -0.1) is 0 Å². The van der Waals surface area contributed by atoms with Crippen molar-refractivity contribution < 1.29 is 19.8 Å². The van der Waals surface area contributed by atoms with Gasteiger partial charge in [-0.05, 0) is 35.4 Å². The predicted molar refractivity (Wildman–Crippen MR) is 92.6 cm³/mol. The standard InChI is InChI=1S/C18H14Cl2O4/c19-13-5-1-11(2-6-13)9-15(17(21)22)16(18(23)24)10-12-3-7-14(20)8-4-12/h1-8H,9-10H2,(H,21,22)(H,23,24)/b16-15+. The summed E-state index contributed by atoms with van der Waals surface area (Å²) in [4.78, 5) is 23.2. The number of carbonyl (C=O) groups is 2. The third-order valence-electron chi connectivity index (χ3n) is 3.47. The van der Waals surface area contributed by atoms with Crippen LogP contribution in [-0.4, -0.2) is 22.2 Å². The second-order valence-corrected chi connectivity index (χ2v) is 6.05. The maximum Gasteiger partial charge on any atom is 0.332 e. The van der Waals surface area contributed by atoms with Gasteiger partial charge in [-0.3, -0.25) is 0 Å². The van der Waals surface area contributed by atoms with Gasteiger partial charge in [0.15, 0.2) is 0 Å². The normalized spacial score (nSPS) is 11.8. The van der Waals surface area contributed by atoms with Crippen LogP contribution < -0.4 is 0 Å². The lowest BCUT2D eigenvalue weighted by atomic mass is 9.95. The fourth-order valence-electron chi connectivity index (χ4n) is 2.24. The molecular weight excluding hydrogens is 351 g/mol. The van der Waals surface area contributed by atoms with Crippen molar-refractivity contribution in [2.24, 2.45) is 0 Å². The minimum atomic E-state index is -1.25. The molecule has 0 saturated carbocycles. The average Bonchev–Trinajstić information content (AvgIpc) is 2.54. The summed E-state index contributed by atoms with van der Waals surface area (Å²) in [5, 5.41) is 20.0. The Balaban J connectivity index is 2.39. The molecule has 0 aliphatic carbocycles. The summed E-state index contributed by atoms with van der Waals surface area (Å²) in [5.74, 6) is -2.51. The van der Waals surface area contributed by atoms with E-state index in [1.165, 1.54) is 0 Å². The smallest absolute Gasteiger partial charge is 0.332 e. The zero-order valence-corrected chi connectivity index (χ0v) is 14.0. The molecule has 0 bridgehead atoms. The molecule has 2 N–H and O–H groups in total. The van der Waals surface area contributed by atoms with Gasteiger partial charge < -0.3 is 10.2 Å². The Morgan fingerprint density at radius 1 is 0.667 bits per heavy atom. The molecule has 124 valence electrons. The van der Waals surface area contributed by atoms with E-state index in [1.807, 2.05) is 0 Å². The zero-order chi connectivity index (χ0) is 17.7. The molecular formula is C18H14Cl2O4. The first-order valence-electron chi connectivity index (χ1n) is 7.04. The zero-order valence-electron chi connectivity index (χ0n) is 12.5. The van der Waals surface area contributed by atoms with Crippen molar-refractivity contribution in [2.75, 3.05) is 0 Å². The molecule has 2 aromatic rings. The van der Waals surface area contributed by atoms with E-state index in [2.05, 4.69) is 0 Å². The second-order valence-electron chi connectivity index (χ2n) is 5.17. The van der Waals surface area contributed by atoms with Crippen molar-refractivity contribution in [1.29, 1.82) is 0 Å². The van der Waals surface area contributed by atoms with Gasteiger partial charge in [0.05, 0.1) is 11.1 Å². The molecule has 0 radical (unpaired) electrons. The lowest BCUT2D eigenvalue weighted by Crippen LogP contribution is -2.15. The Labute approximate surface area is 149 Å². The predicted octanol–water partition coefficient (Wildman–Crippen LogP) is 4.24. The molecule has 0 unspecified atom stereocenters. The van der Waals surface area contributed by atoms with Crippen LogP contribution in [0.5, 0.6) is 0 Å². The number of carboxylic acid groups (broad SMARTS) is 2. The molecule has 0 saturated heterocycles. The van der Waals surface area contributed by atoms with Crippen LogP contribution in [0.4, 0.5) is 0 Å². The highest BCUT2D eigenvalue weighted by Crippen LogP contribution is 2.20. The molecule has 0 aliphatic heterocycles. The van der Waals surface area contributed by atoms with Crippen molar-refractivity contribution in [3.05, 3.63) is 80.8 Å². The molecule has 0 aromatic heterocycles. The van der Waals surface area contributed by atoms with E-state index in [9.17, 15) is 19.8 Å². The average molecular weight is 365 g/mol. The summed E-state index contributed by atoms with van der Waals surface area (Å²) in [6, 6.07) is 13.2. The summed E-state index contributed by atoms with van der Waals surface area (Å²) >= 11 is 11.6. The monoisotopic (exact) mass is 364 g/mol. The maximum absolute atomic E-state index is 11.6. The highest BCUT2D eigenvalue weighted by Gasteiger charge is 2.21. The van der Waals surface area contributed by atoms with E-state index in [-0.39, 0.29) is 24.0 Å². The fraction of sp³-hybridized carbons (Fsp3) is 0.111. The minimum absolute atomic E-state index is 0.00171. The molecule has 0 spiro atoms. The SMILES string of the molecule is O=C(O)/C(Cc1ccc(Cl)cc1)=C(\Cc1ccc(Cl)cc1)C(=O)O. The van der Waals surface area contributed by atoms with Crippen LogP contribution in [-0.2, 0) is 22.4 Å². The number of carboxylic acids is 2. The summed E-state index contributed by atoms with van der Waals surface area (Å²) < 4.78 is 0. The Bertz CT molecular complexity index is 710. The molecule has 2 aromatic carbocycles.